The Morgan fingerprint density at radius 2 is 1.65 bits per heavy atom. The second-order valence-corrected chi connectivity index (χ2v) is 5.11. The van der Waals surface area contributed by atoms with Gasteiger partial charge in [-0.1, -0.05) is 18.2 Å². The van der Waals surface area contributed by atoms with Crippen LogP contribution in [0.1, 0.15) is 22.8 Å². The molecule has 5 nitrogen and oxygen atoms in total. The SMILES string of the molecule is Cc1ccccc1C(=O)N1CCN(C(=O)C(C)O)CC1. The summed E-state index contributed by atoms with van der Waals surface area (Å²) in [5, 5.41) is 9.29. The highest BCUT2D eigenvalue weighted by Crippen LogP contribution is 2.13. The molecule has 2 amide bonds. The molecule has 1 atom stereocenters. The molecule has 1 aliphatic rings. The van der Waals surface area contributed by atoms with E-state index in [0.29, 0.717) is 31.7 Å². The van der Waals surface area contributed by atoms with Crippen molar-refractivity contribution in [2.24, 2.45) is 0 Å². The van der Waals surface area contributed by atoms with E-state index in [-0.39, 0.29) is 11.8 Å². The molecule has 1 aromatic carbocycles. The Morgan fingerprint density at radius 1 is 1.10 bits per heavy atom. The molecule has 1 heterocycles. The third-order valence-electron chi connectivity index (χ3n) is 3.61. The Labute approximate surface area is 118 Å². The number of aliphatic hydroxyl groups is 1. The lowest BCUT2D eigenvalue weighted by molar-refractivity contribution is -0.140. The largest absolute Gasteiger partial charge is 0.384 e. The van der Waals surface area contributed by atoms with Crippen molar-refractivity contribution in [1.82, 2.24) is 9.80 Å². The fraction of sp³-hybridized carbons (Fsp3) is 0.467. The predicted octanol–water partition coefficient (Wildman–Crippen LogP) is 0.660. The lowest BCUT2D eigenvalue weighted by Gasteiger charge is -2.35. The van der Waals surface area contributed by atoms with Crippen LogP contribution in [0.3, 0.4) is 0 Å². The van der Waals surface area contributed by atoms with Crippen LogP contribution in [0.2, 0.25) is 0 Å². The molecule has 108 valence electrons. The van der Waals surface area contributed by atoms with Gasteiger partial charge in [0.2, 0.25) is 0 Å². The van der Waals surface area contributed by atoms with Crippen molar-refractivity contribution >= 4 is 11.8 Å². The van der Waals surface area contributed by atoms with Gasteiger partial charge in [0.25, 0.3) is 11.8 Å². The number of aryl methyl sites for hydroxylation is 1. The third kappa shape index (κ3) is 2.99. The maximum Gasteiger partial charge on any atom is 0.254 e. The van der Waals surface area contributed by atoms with Crippen molar-refractivity contribution < 1.29 is 14.7 Å². The van der Waals surface area contributed by atoms with Gasteiger partial charge in [-0.15, -0.1) is 0 Å². The smallest absolute Gasteiger partial charge is 0.254 e. The van der Waals surface area contributed by atoms with Crippen molar-refractivity contribution in [1.29, 1.82) is 0 Å². The first-order chi connectivity index (χ1) is 9.50. The first-order valence-electron chi connectivity index (χ1n) is 6.82. The van der Waals surface area contributed by atoms with Crippen molar-refractivity contribution in [3.05, 3.63) is 35.4 Å². The van der Waals surface area contributed by atoms with Crippen molar-refractivity contribution in [3.63, 3.8) is 0 Å². The van der Waals surface area contributed by atoms with Gasteiger partial charge in [0.15, 0.2) is 0 Å². The molecule has 1 aromatic rings. The van der Waals surface area contributed by atoms with Crippen LogP contribution in [-0.4, -0.2) is 59.0 Å². The summed E-state index contributed by atoms with van der Waals surface area (Å²) in [5.74, 6) is -0.264. The highest BCUT2D eigenvalue weighted by molar-refractivity contribution is 5.95. The zero-order valence-corrected chi connectivity index (χ0v) is 11.9. The summed E-state index contributed by atoms with van der Waals surface area (Å²) in [5.41, 5.74) is 1.67. The number of hydrogen-bond acceptors (Lipinski definition) is 3. The molecule has 0 aliphatic carbocycles. The quantitative estimate of drug-likeness (QED) is 0.863. The number of amides is 2. The summed E-state index contributed by atoms with van der Waals surface area (Å²) < 4.78 is 0. The maximum absolute atomic E-state index is 12.4. The van der Waals surface area contributed by atoms with Crippen LogP contribution in [0, 0.1) is 6.92 Å². The standard InChI is InChI=1S/C15H20N2O3/c1-11-5-3-4-6-13(11)15(20)17-9-7-16(8-10-17)14(19)12(2)18/h3-6,12,18H,7-10H2,1-2H3. The van der Waals surface area contributed by atoms with Crippen LogP contribution >= 0.6 is 0 Å². The van der Waals surface area contributed by atoms with Gasteiger partial charge in [-0.05, 0) is 25.5 Å². The van der Waals surface area contributed by atoms with E-state index in [1.54, 1.807) is 9.80 Å². The van der Waals surface area contributed by atoms with Crippen LogP contribution in [0.15, 0.2) is 24.3 Å². The monoisotopic (exact) mass is 276 g/mol. The van der Waals surface area contributed by atoms with Gasteiger partial charge >= 0.3 is 0 Å². The molecule has 0 saturated carbocycles. The van der Waals surface area contributed by atoms with Gasteiger partial charge in [0.05, 0.1) is 0 Å². The first-order valence-corrected chi connectivity index (χ1v) is 6.82. The second-order valence-electron chi connectivity index (χ2n) is 5.11. The van der Waals surface area contributed by atoms with E-state index in [1.165, 1.54) is 6.92 Å². The Hall–Kier alpha value is -1.88. The summed E-state index contributed by atoms with van der Waals surface area (Å²) in [7, 11) is 0. The molecule has 0 spiro atoms. The molecule has 2 rings (SSSR count). The van der Waals surface area contributed by atoms with E-state index in [4.69, 9.17) is 0 Å². The number of hydrogen-bond donors (Lipinski definition) is 1. The summed E-state index contributed by atoms with van der Waals surface area (Å²) >= 11 is 0. The molecule has 0 aromatic heterocycles. The van der Waals surface area contributed by atoms with Gasteiger partial charge < -0.3 is 14.9 Å². The highest BCUT2D eigenvalue weighted by Gasteiger charge is 2.26. The maximum atomic E-state index is 12.4. The lowest BCUT2D eigenvalue weighted by atomic mass is 10.1. The number of carbonyl (C=O) groups is 2. The molecule has 1 unspecified atom stereocenters. The van der Waals surface area contributed by atoms with E-state index in [0.717, 1.165) is 5.56 Å². The van der Waals surface area contributed by atoms with Gasteiger partial charge in [-0.25, -0.2) is 0 Å². The van der Waals surface area contributed by atoms with Gasteiger partial charge in [-0.3, -0.25) is 9.59 Å². The number of aliphatic hydroxyl groups excluding tert-OH is 1. The molecule has 1 saturated heterocycles. The summed E-state index contributed by atoms with van der Waals surface area (Å²) in [6, 6.07) is 7.50. The lowest BCUT2D eigenvalue weighted by Crippen LogP contribution is -2.52. The number of piperazine rings is 1. The predicted molar refractivity (Wildman–Crippen MR) is 75.3 cm³/mol. The van der Waals surface area contributed by atoms with E-state index in [9.17, 15) is 14.7 Å². The molecule has 1 aliphatic heterocycles. The van der Waals surface area contributed by atoms with Crippen LogP contribution < -0.4 is 0 Å². The molecular formula is C15H20N2O3. The third-order valence-corrected chi connectivity index (χ3v) is 3.61. The summed E-state index contributed by atoms with van der Waals surface area (Å²) in [4.78, 5) is 27.4. The fourth-order valence-corrected chi connectivity index (χ4v) is 2.38. The molecule has 1 fully saturated rings. The second kappa shape index (κ2) is 6.05. The Balaban J connectivity index is 1.99. The minimum absolute atomic E-state index is 0.00671. The molecule has 0 radical (unpaired) electrons. The zero-order valence-electron chi connectivity index (χ0n) is 11.9. The van der Waals surface area contributed by atoms with Crippen LogP contribution in [-0.2, 0) is 4.79 Å². The van der Waals surface area contributed by atoms with E-state index in [2.05, 4.69) is 0 Å². The number of rotatable bonds is 2. The van der Waals surface area contributed by atoms with Gasteiger partial charge in [-0.2, -0.15) is 0 Å². The van der Waals surface area contributed by atoms with Crippen LogP contribution in [0.4, 0.5) is 0 Å². The van der Waals surface area contributed by atoms with Crippen molar-refractivity contribution in [2.45, 2.75) is 20.0 Å². The first kappa shape index (κ1) is 14.5. The van der Waals surface area contributed by atoms with E-state index in [1.807, 2.05) is 31.2 Å². The number of benzene rings is 1. The molecule has 0 bridgehead atoms. The van der Waals surface area contributed by atoms with Crippen LogP contribution in [0.5, 0.6) is 0 Å². The summed E-state index contributed by atoms with van der Waals surface area (Å²) in [6.07, 6.45) is -0.978. The van der Waals surface area contributed by atoms with E-state index >= 15 is 0 Å². The normalized spacial score (nSPS) is 16.9. The average molecular weight is 276 g/mol. The summed E-state index contributed by atoms with van der Waals surface area (Å²) in [6.45, 7) is 5.34. The minimum Gasteiger partial charge on any atom is -0.384 e. The van der Waals surface area contributed by atoms with Gasteiger partial charge in [0, 0.05) is 31.7 Å². The molecular weight excluding hydrogens is 256 g/mol. The average Bonchev–Trinajstić information content (AvgIpc) is 2.46. The molecule has 5 heteroatoms. The Kier molecular flexibility index (Phi) is 4.39. The van der Waals surface area contributed by atoms with E-state index < -0.39 is 6.10 Å². The van der Waals surface area contributed by atoms with Gasteiger partial charge in [0.1, 0.15) is 6.10 Å². The van der Waals surface area contributed by atoms with Crippen molar-refractivity contribution in [3.8, 4) is 0 Å². The van der Waals surface area contributed by atoms with Crippen molar-refractivity contribution in [2.75, 3.05) is 26.2 Å². The highest BCUT2D eigenvalue weighted by atomic mass is 16.3. The topological polar surface area (TPSA) is 60.9 Å². The minimum atomic E-state index is -0.978. The Morgan fingerprint density at radius 3 is 2.20 bits per heavy atom. The fourth-order valence-electron chi connectivity index (χ4n) is 2.38. The zero-order chi connectivity index (χ0) is 14.7. The Bertz CT molecular complexity index is 506. The van der Waals surface area contributed by atoms with Crippen LogP contribution in [0.25, 0.3) is 0 Å². The number of nitrogens with zero attached hydrogens (tertiary/aromatic N) is 2. The number of carbonyl (C=O) groups excluding carboxylic acids is 2. The molecule has 1 N–H and O–H groups in total. The molecule has 20 heavy (non-hydrogen) atoms.